The topological polar surface area (TPSA) is 70.7 Å². The van der Waals surface area contributed by atoms with Gasteiger partial charge >= 0.3 is 0 Å². The van der Waals surface area contributed by atoms with Gasteiger partial charge in [0.05, 0.1) is 28.0 Å². The second kappa shape index (κ2) is 6.60. The van der Waals surface area contributed by atoms with Crippen molar-refractivity contribution in [3.05, 3.63) is 57.1 Å². The molecule has 1 heterocycles. The molecule has 1 aromatic heterocycles. The van der Waals surface area contributed by atoms with Crippen molar-refractivity contribution >= 4 is 28.2 Å². The highest BCUT2D eigenvalue weighted by atomic mass is 35.5. The number of nitrogens with one attached hydrogen (secondary N) is 1. The van der Waals surface area contributed by atoms with E-state index < -0.39 is 0 Å². The molecular formula is C18H17ClN4O. The normalized spacial score (nSPS) is 15.6. The molecule has 0 spiro atoms. The average Bonchev–Trinajstić information content (AvgIpc) is 2.60. The molecule has 0 amide bonds. The number of hydrogen-bond acceptors (Lipinski definition) is 4. The van der Waals surface area contributed by atoms with Crippen LogP contribution in [0.15, 0.2) is 40.7 Å². The van der Waals surface area contributed by atoms with E-state index in [-0.39, 0.29) is 11.6 Å². The summed E-state index contributed by atoms with van der Waals surface area (Å²) < 4.78 is 1.56. The molecule has 1 aliphatic rings. The summed E-state index contributed by atoms with van der Waals surface area (Å²) in [6.07, 6.45) is 5.11. The molecule has 0 fully saturated rings. The quantitative estimate of drug-likeness (QED) is 0.929. The first-order valence-electron chi connectivity index (χ1n) is 7.76. The first kappa shape index (κ1) is 16.4. The maximum Gasteiger partial charge on any atom is 0.267 e. The molecule has 0 bridgehead atoms. The van der Waals surface area contributed by atoms with Crippen LogP contribution in [-0.2, 0) is 0 Å². The van der Waals surface area contributed by atoms with E-state index >= 15 is 0 Å². The van der Waals surface area contributed by atoms with Crippen LogP contribution >= 0.6 is 11.6 Å². The minimum absolute atomic E-state index is 0.136. The number of rotatable bonds is 3. The number of nitriles is 1. The number of benzene rings is 1. The second-order valence-corrected chi connectivity index (χ2v) is 6.11. The van der Waals surface area contributed by atoms with Gasteiger partial charge in [-0.05, 0) is 45.0 Å². The van der Waals surface area contributed by atoms with Crippen LogP contribution in [0.4, 0.5) is 0 Å². The number of fused-ring (bicyclic) bond motifs is 1. The van der Waals surface area contributed by atoms with Crippen molar-refractivity contribution in [2.45, 2.75) is 25.8 Å². The van der Waals surface area contributed by atoms with Gasteiger partial charge in [0.25, 0.3) is 5.56 Å². The monoisotopic (exact) mass is 340 g/mol. The number of hydrogen-bond donors (Lipinski definition) is 1. The van der Waals surface area contributed by atoms with Gasteiger partial charge in [0.2, 0.25) is 0 Å². The Balaban J connectivity index is 2.37. The molecule has 5 nitrogen and oxygen atoms in total. The zero-order chi connectivity index (χ0) is 17.3. The van der Waals surface area contributed by atoms with Crippen LogP contribution < -0.4 is 10.9 Å². The molecule has 0 aliphatic heterocycles. The highest BCUT2D eigenvalue weighted by Crippen LogP contribution is 2.25. The highest BCUT2D eigenvalue weighted by molar-refractivity contribution is 6.35. The molecule has 0 saturated heterocycles. The molecule has 6 heteroatoms. The Kier molecular flexibility index (Phi) is 4.52. The van der Waals surface area contributed by atoms with Crippen molar-refractivity contribution in [3.63, 3.8) is 0 Å². The average molecular weight is 341 g/mol. The second-order valence-electron chi connectivity index (χ2n) is 5.70. The summed E-state index contributed by atoms with van der Waals surface area (Å²) in [5, 5.41) is 13.1. The summed E-state index contributed by atoms with van der Waals surface area (Å²) in [7, 11) is 1.81. The zero-order valence-electron chi connectivity index (χ0n) is 13.5. The van der Waals surface area contributed by atoms with E-state index in [1.807, 2.05) is 20.0 Å². The van der Waals surface area contributed by atoms with E-state index in [1.165, 1.54) is 0 Å². The number of halogens is 1. The maximum atomic E-state index is 13.1. The van der Waals surface area contributed by atoms with Gasteiger partial charge in [-0.25, -0.2) is 4.98 Å². The van der Waals surface area contributed by atoms with Gasteiger partial charge in [0.1, 0.15) is 5.82 Å². The minimum Gasteiger partial charge on any atom is -0.311 e. The Bertz CT molecular complexity index is 965. The van der Waals surface area contributed by atoms with Crippen LogP contribution in [0, 0.1) is 11.3 Å². The Labute approximate surface area is 144 Å². The maximum absolute atomic E-state index is 13.1. The molecule has 0 unspecified atom stereocenters. The van der Waals surface area contributed by atoms with E-state index in [4.69, 9.17) is 11.6 Å². The zero-order valence-corrected chi connectivity index (χ0v) is 14.3. The summed E-state index contributed by atoms with van der Waals surface area (Å²) >= 11 is 6.24. The molecule has 3 rings (SSSR count). The van der Waals surface area contributed by atoms with Crippen LogP contribution in [0.25, 0.3) is 16.6 Å². The fourth-order valence-corrected chi connectivity index (χ4v) is 3.06. The fraction of sp³-hybridized carbons (Fsp3) is 0.278. The summed E-state index contributed by atoms with van der Waals surface area (Å²) in [6.45, 7) is 1.94. The lowest BCUT2D eigenvalue weighted by Gasteiger charge is -2.20. The first-order valence-corrected chi connectivity index (χ1v) is 8.14. The molecule has 2 aromatic rings. The standard InChI is InChI=1S/C18H17ClN4O/c1-11(21-2)17-22-15-8-4-7-14(19)16(15)18(24)23(17)13-6-3-5-12(9-13)10-20/h4,6-9,11,21H,3,5H2,1-2H3/t11-/m0/s1. The van der Waals surface area contributed by atoms with Crippen LogP contribution in [0.2, 0.25) is 5.02 Å². The van der Waals surface area contributed by atoms with Gasteiger partial charge in [-0.15, -0.1) is 0 Å². The number of nitrogens with zero attached hydrogens (tertiary/aromatic N) is 3. The van der Waals surface area contributed by atoms with Gasteiger partial charge in [0, 0.05) is 11.3 Å². The fourth-order valence-electron chi connectivity index (χ4n) is 2.81. The van der Waals surface area contributed by atoms with E-state index in [2.05, 4.69) is 16.4 Å². The molecule has 0 radical (unpaired) electrons. The summed E-state index contributed by atoms with van der Waals surface area (Å²) in [5.74, 6) is 0.596. The highest BCUT2D eigenvalue weighted by Gasteiger charge is 2.20. The van der Waals surface area contributed by atoms with E-state index in [1.54, 1.807) is 28.8 Å². The van der Waals surface area contributed by atoms with Gasteiger partial charge in [-0.1, -0.05) is 23.7 Å². The van der Waals surface area contributed by atoms with Gasteiger partial charge < -0.3 is 5.32 Å². The molecule has 1 N–H and O–H groups in total. The van der Waals surface area contributed by atoms with Crippen molar-refractivity contribution in [2.75, 3.05) is 7.05 Å². The van der Waals surface area contributed by atoms with Crippen molar-refractivity contribution in [3.8, 4) is 6.07 Å². The SMILES string of the molecule is CN[C@@H](C)c1nc2cccc(Cl)c2c(=O)n1C1=CCCC(C#N)=C1. The van der Waals surface area contributed by atoms with Crippen molar-refractivity contribution in [2.24, 2.45) is 0 Å². The molecule has 1 atom stereocenters. The predicted octanol–water partition coefficient (Wildman–Crippen LogP) is 3.41. The number of aromatic nitrogens is 2. The van der Waals surface area contributed by atoms with E-state index in [0.29, 0.717) is 39.4 Å². The smallest absolute Gasteiger partial charge is 0.267 e. The molecule has 24 heavy (non-hydrogen) atoms. The molecule has 122 valence electrons. The third kappa shape index (κ3) is 2.75. The van der Waals surface area contributed by atoms with Crippen molar-refractivity contribution < 1.29 is 0 Å². The molecule has 1 aliphatic carbocycles. The van der Waals surface area contributed by atoms with Crippen LogP contribution in [0.5, 0.6) is 0 Å². The third-order valence-corrected chi connectivity index (χ3v) is 4.50. The Morgan fingerprint density at radius 3 is 2.96 bits per heavy atom. The van der Waals surface area contributed by atoms with Crippen molar-refractivity contribution in [1.29, 1.82) is 5.26 Å². The molecular weight excluding hydrogens is 324 g/mol. The minimum atomic E-state index is -0.218. The summed E-state index contributed by atoms with van der Waals surface area (Å²) in [4.78, 5) is 17.8. The summed E-state index contributed by atoms with van der Waals surface area (Å²) in [5.41, 5.74) is 1.68. The Morgan fingerprint density at radius 1 is 1.46 bits per heavy atom. The van der Waals surface area contributed by atoms with Gasteiger partial charge in [-0.3, -0.25) is 9.36 Å². The summed E-state index contributed by atoms with van der Waals surface area (Å²) in [6, 6.07) is 7.29. The Morgan fingerprint density at radius 2 is 2.25 bits per heavy atom. The molecule has 0 saturated carbocycles. The van der Waals surface area contributed by atoms with Crippen LogP contribution in [0.1, 0.15) is 31.6 Å². The third-order valence-electron chi connectivity index (χ3n) is 4.18. The largest absolute Gasteiger partial charge is 0.311 e. The lowest BCUT2D eigenvalue weighted by molar-refractivity contribution is 0.592. The lowest BCUT2D eigenvalue weighted by Crippen LogP contribution is -2.29. The van der Waals surface area contributed by atoms with Gasteiger partial charge in [0.15, 0.2) is 0 Å². The van der Waals surface area contributed by atoms with E-state index in [0.717, 1.165) is 6.42 Å². The van der Waals surface area contributed by atoms with Crippen molar-refractivity contribution in [1.82, 2.24) is 14.9 Å². The lowest BCUT2D eigenvalue weighted by atomic mass is 10.0. The first-order chi connectivity index (χ1) is 11.6. The number of allylic oxidation sites excluding steroid dienone is 4. The predicted molar refractivity (Wildman–Crippen MR) is 95.7 cm³/mol. The Hall–Kier alpha value is -2.42. The van der Waals surface area contributed by atoms with Gasteiger partial charge in [-0.2, -0.15) is 5.26 Å². The van der Waals surface area contributed by atoms with Crippen LogP contribution in [-0.4, -0.2) is 16.6 Å². The van der Waals surface area contributed by atoms with Crippen LogP contribution in [0.3, 0.4) is 0 Å². The molecule has 1 aromatic carbocycles. The van der Waals surface area contributed by atoms with E-state index in [9.17, 15) is 10.1 Å².